The zero-order valence-corrected chi connectivity index (χ0v) is 16.9. The van der Waals surface area contributed by atoms with E-state index in [9.17, 15) is 19.5 Å². The van der Waals surface area contributed by atoms with Crippen molar-refractivity contribution < 1.29 is 24.2 Å². The maximum atomic E-state index is 12.6. The van der Waals surface area contributed by atoms with Gasteiger partial charge in [0, 0.05) is 24.4 Å². The molecule has 1 aromatic heterocycles. The number of aryl methyl sites for hydroxylation is 1. The molecule has 0 unspecified atom stereocenters. The van der Waals surface area contributed by atoms with Crippen molar-refractivity contribution in [2.75, 3.05) is 13.2 Å². The summed E-state index contributed by atoms with van der Waals surface area (Å²) in [5.41, 5.74) is 0.230. The summed E-state index contributed by atoms with van der Waals surface area (Å²) in [7, 11) is 0. The minimum atomic E-state index is -0.767. The lowest BCUT2D eigenvalue weighted by atomic mass is 9.84. The first-order chi connectivity index (χ1) is 13.3. The molecule has 1 saturated heterocycles. The number of ether oxygens (including phenoxy) is 1. The van der Waals surface area contributed by atoms with Gasteiger partial charge in [0.15, 0.2) is 0 Å². The fourth-order valence-electron chi connectivity index (χ4n) is 3.14. The van der Waals surface area contributed by atoms with Crippen LogP contribution in [0.3, 0.4) is 0 Å². The fourth-order valence-corrected chi connectivity index (χ4v) is 3.14. The molecule has 1 fully saturated rings. The van der Waals surface area contributed by atoms with Crippen molar-refractivity contribution in [1.82, 2.24) is 9.88 Å². The number of likely N-dealkylation sites (tertiary alicyclic amines) is 1. The molecule has 28 heavy (non-hydrogen) atoms. The Balaban J connectivity index is 1.97. The predicted octanol–water partition coefficient (Wildman–Crippen LogP) is 1.91. The number of amides is 1. The average molecular weight is 390 g/mol. The van der Waals surface area contributed by atoms with E-state index in [1.807, 2.05) is 19.1 Å². The van der Waals surface area contributed by atoms with Gasteiger partial charge in [-0.15, -0.1) is 0 Å². The molecule has 7 nitrogen and oxygen atoms in total. The molecule has 1 aliphatic rings. The number of aliphatic hydroxyl groups is 1. The van der Waals surface area contributed by atoms with Gasteiger partial charge in [0.25, 0.3) is 5.91 Å². The number of pyridine rings is 1. The number of Topliss-reactive ketones (excluding diaryl/α,β-unsaturated/α-hetero) is 1. The number of aromatic nitrogens is 1. The second kappa shape index (κ2) is 9.78. The third-order valence-electron chi connectivity index (χ3n) is 5.44. The zero-order valence-electron chi connectivity index (χ0n) is 16.9. The maximum Gasteiger partial charge on any atom is 0.329 e. The highest BCUT2D eigenvalue weighted by Gasteiger charge is 2.42. The van der Waals surface area contributed by atoms with Crippen LogP contribution < -0.4 is 0 Å². The van der Waals surface area contributed by atoms with E-state index < -0.39 is 35.2 Å². The molecule has 0 aliphatic carbocycles. The standard InChI is InChI=1S/C21H30N2O5/c1-4-21(2,3)18(25)19(26)23-12-6-8-17(23)20(27)28-16(14-24)10-9-15-7-5-11-22-13-15/h5,7,11,13,16-17,24H,4,6,8-10,12,14H2,1-3H3/t16-,17+/m1/s1. The molecule has 0 aromatic carbocycles. The van der Waals surface area contributed by atoms with E-state index in [-0.39, 0.29) is 6.61 Å². The largest absolute Gasteiger partial charge is 0.458 e. The Morgan fingerprint density at radius 2 is 2.14 bits per heavy atom. The van der Waals surface area contributed by atoms with Gasteiger partial charge in [-0.1, -0.05) is 26.8 Å². The van der Waals surface area contributed by atoms with E-state index in [2.05, 4.69) is 4.98 Å². The number of aliphatic hydroxyl groups excluding tert-OH is 1. The number of rotatable bonds is 9. The molecule has 1 amide bonds. The minimum absolute atomic E-state index is 0.297. The summed E-state index contributed by atoms with van der Waals surface area (Å²) in [6.45, 7) is 5.39. The van der Waals surface area contributed by atoms with Gasteiger partial charge in [0.05, 0.1) is 6.61 Å². The van der Waals surface area contributed by atoms with Crippen LogP contribution in [0.2, 0.25) is 0 Å². The van der Waals surface area contributed by atoms with Crippen molar-refractivity contribution in [3.8, 4) is 0 Å². The Hall–Kier alpha value is -2.28. The first kappa shape index (κ1) is 22.0. The van der Waals surface area contributed by atoms with E-state index >= 15 is 0 Å². The quantitative estimate of drug-likeness (QED) is 0.511. The summed E-state index contributed by atoms with van der Waals surface area (Å²) in [6, 6.07) is 2.98. The normalized spacial score (nSPS) is 18.0. The highest BCUT2D eigenvalue weighted by molar-refractivity contribution is 6.38. The van der Waals surface area contributed by atoms with Crippen LogP contribution in [0.15, 0.2) is 24.5 Å². The number of ketones is 1. The number of hydrogen-bond donors (Lipinski definition) is 1. The van der Waals surface area contributed by atoms with Crippen LogP contribution in [0, 0.1) is 5.41 Å². The van der Waals surface area contributed by atoms with Crippen molar-refractivity contribution in [3.63, 3.8) is 0 Å². The monoisotopic (exact) mass is 390 g/mol. The van der Waals surface area contributed by atoms with E-state index in [0.29, 0.717) is 38.6 Å². The number of hydrogen-bond acceptors (Lipinski definition) is 6. The maximum absolute atomic E-state index is 12.6. The minimum Gasteiger partial charge on any atom is -0.458 e. The molecule has 0 bridgehead atoms. The van der Waals surface area contributed by atoms with Gasteiger partial charge in [0.2, 0.25) is 5.78 Å². The smallest absolute Gasteiger partial charge is 0.329 e. The summed E-state index contributed by atoms with van der Waals surface area (Å²) in [5, 5.41) is 9.57. The van der Waals surface area contributed by atoms with Crippen LogP contribution in [-0.2, 0) is 25.5 Å². The lowest BCUT2D eigenvalue weighted by Crippen LogP contribution is -2.48. The molecule has 1 N–H and O–H groups in total. The van der Waals surface area contributed by atoms with Crippen LogP contribution in [0.1, 0.15) is 52.0 Å². The molecule has 2 heterocycles. The van der Waals surface area contributed by atoms with Crippen molar-refractivity contribution in [1.29, 1.82) is 0 Å². The molecule has 2 rings (SSSR count). The second-order valence-corrected chi connectivity index (χ2v) is 7.86. The van der Waals surface area contributed by atoms with Gasteiger partial charge >= 0.3 is 5.97 Å². The molecule has 154 valence electrons. The molecular weight excluding hydrogens is 360 g/mol. The van der Waals surface area contributed by atoms with Crippen LogP contribution in [0.5, 0.6) is 0 Å². The highest BCUT2D eigenvalue weighted by atomic mass is 16.6. The lowest BCUT2D eigenvalue weighted by Gasteiger charge is -2.28. The first-order valence-corrected chi connectivity index (χ1v) is 9.85. The third-order valence-corrected chi connectivity index (χ3v) is 5.44. The molecule has 0 spiro atoms. The molecule has 7 heteroatoms. The summed E-state index contributed by atoms with van der Waals surface area (Å²) in [4.78, 5) is 43.1. The summed E-state index contributed by atoms with van der Waals surface area (Å²) < 4.78 is 5.46. The fraction of sp³-hybridized carbons (Fsp3) is 0.619. The van der Waals surface area contributed by atoms with Gasteiger partial charge in [0.1, 0.15) is 12.1 Å². The molecule has 0 saturated carbocycles. The van der Waals surface area contributed by atoms with Gasteiger partial charge < -0.3 is 14.7 Å². The van der Waals surface area contributed by atoms with E-state index in [4.69, 9.17) is 4.74 Å². The Kier molecular flexibility index (Phi) is 7.69. The number of carbonyl (C=O) groups excluding carboxylic acids is 3. The van der Waals surface area contributed by atoms with Crippen LogP contribution in [-0.4, -0.2) is 57.9 Å². The highest BCUT2D eigenvalue weighted by Crippen LogP contribution is 2.26. The molecule has 1 aromatic rings. The van der Waals surface area contributed by atoms with E-state index in [1.165, 1.54) is 4.90 Å². The Labute approximate surface area is 166 Å². The Morgan fingerprint density at radius 3 is 2.75 bits per heavy atom. The Morgan fingerprint density at radius 1 is 1.39 bits per heavy atom. The van der Waals surface area contributed by atoms with Crippen molar-refractivity contribution in [2.24, 2.45) is 5.41 Å². The van der Waals surface area contributed by atoms with Crippen LogP contribution in [0.25, 0.3) is 0 Å². The molecule has 1 aliphatic heterocycles. The molecule has 0 radical (unpaired) electrons. The number of esters is 1. The number of nitrogens with zero attached hydrogens (tertiary/aromatic N) is 2. The topological polar surface area (TPSA) is 96.8 Å². The lowest BCUT2D eigenvalue weighted by molar-refractivity contribution is -0.162. The summed E-state index contributed by atoms with van der Waals surface area (Å²) in [5.74, 6) is -1.66. The van der Waals surface area contributed by atoms with Gasteiger partial charge in [-0.05, 0) is 43.7 Å². The predicted molar refractivity (Wildman–Crippen MR) is 103 cm³/mol. The molecule has 2 atom stereocenters. The van der Waals surface area contributed by atoms with Crippen LogP contribution >= 0.6 is 0 Å². The summed E-state index contributed by atoms with van der Waals surface area (Å²) in [6.07, 6.45) is 5.47. The van der Waals surface area contributed by atoms with Gasteiger partial charge in [-0.2, -0.15) is 0 Å². The Bertz CT molecular complexity index is 689. The van der Waals surface area contributed by atoms with Crippen LogP contribution in [0.4, 0.5) is 0 Å². The first-order valence-electron chi connectivity index (χ1n) is 9.85. The summed E-state index contributed by atoms with van der Waals surface area (Å²) >= 11 is 0. The third kappa shape index (κ3) is 5.38. The van der Waals surface area contributed by atoms with Crippen molar-refractivity contribution >= 4 is 17.7 Å². The van der Waals surface area contributed by atoms with E-state index in [0.717, 1.165) is 5.56 Å². The molecular formula is C21H30N2O5. The van der Waals surface area contributed by atoms with Crippen molar-refractivity contribution in [3.05, 3.63) is 30.1 Å². The van der Waals surface area contributed by atoms with Gasteiger partial charge in [-0.25, -0.2) is 4.79 Å². The van der Waals surface area contributed by atoms with E-state index in [1.54, 1.807) is 26.2 Å². The number of carbonyl (C=O) groups is 3. The second-order valence-electron chi connectivity index (χ2n) is 7.86. The zero-order chi connectivity index (χ0) is 20.7. The van der Waals surface area contributed by atoms with Gasteiger partial charge in [-0.3, -0.25) is 14.6 Å². The SMILES string of the molecule is CCC(C)(C)C(=O)C(=O)N1CCC[C@H]1C(=O)O[C@@H](CO)CCc1cccnc1. The van der Waals surface area contributed by atoms with Crippen molar-refractivity contribution in [2.45, 2.75) is 65.0 Å². The average Bonchev–Trinajstić information content (AvgIpc) is 3.20.